The first-order valence-electron chi connectivity index (χ1n) is 12.2. The lowest BCUT2D eigenvalue weighted by molar-refractivity contribution is 0.0154. The predicted molar refractivity (Wildman–Crippen MR) is 150 cm³/mol. The Balaban J connectivity index is 1.35. The van der Waals surface area contributed by atoms with Crippen molar-refractivity contribution in [2.75, 3.05) is 39.7 Å². The van der Waals surface area contributed by atoms with Crippen molar-refractivity contribution >= 4 is 42.5 Å². The van der Waals surface area contributed by atoms with E-state index in [1.165, 1.54) is 32.7 Å². The number of fused-ring (bicyclic) bond motifs is 1. The summed E-state index contributed by atoms with van der Waals surface area (Å²) >= 11 is 6.17. The first-order chi connectivity index (χ1) is 20.2. The Morgan fingerprint density at radius 3 is 2.57 bits per heavy atom. The van der Waals surface area contributed by atoms with Crippen LogP contribution in [0.25, 0.3) is 11.2 Å². The van der Waals surface area contributed by atoms with E-state index in [0.29, 0.717) is 22.1 Å². The zero-order valence-electron chi connectivity index (χ0n) is 22.5. The molecule has 17 heteroatoms. The molecule has 4 aromatic rings. The second kappa shape index (κ2) is 14.2. The van der Waals surface area contributed by atoms with Crippen LogP contribution in [-0.2, 0) is 36.2 Å². The van der Waals surface area contributed by atoms with E-state index in [4.69, 9.17) is 50.1 Å². The highest BCUT2D eigenvalue weighted by Gasteiger charge is 2.27. The first-order valence-corrected chi connectivity index (χ1v) is 14.3. The second-order valence-corrected chi connectivity index (χ2v) is 10.8. The zero-order valence-corrected chi connectivity index (χ0v) is 24.1. The molecule has 224 valence electrons. The standard InChI is InChI=1S/C25H27ClN5O10P/c1-35-17-4-6-18(7-5-17)41-25(33)38-14-40-42(34,39-12-16-3-8-20(36-2)19(26)11-16)15-37-10-9-31-13-28-21-22(31)29-24(27)30-23(21)32/h3-8,11,13H,9-10,12,14-15H2,1-2H3,(H3,27,29,30,32). The average molecular weight is 624 g/mol. The van der Waals surface area contributed by atoms with Crippen LogP contribution in [0.3, 0.4) is 0 Å². The number of hydrogen-bond acceptors (Lipinski definition) is 13. The highest BCUT2D eigenvalue weighted by Crippen LogP contribution is 2.49. The Morgan fingerprint density at radius 2 is 1.86 bits per heavy atom. The van der Waals surface area contributed by atoms with Crippen molar-refractivity contribution in [3.05, 3.63) is 69.7 Å². The van der Waals surface area contributed by atoms with E-state index in [2.05, 4.69) is 15.0 Å². The van der Waals surface area contributed by atoms with Crippen molar-refractivity contribution in [2.24, 2.45) is 0 Å². The van der Waals surface area contributed by atoms with Crippen molar-refractivity contribution < 1.29 is 42.1 Å². The lowest BCUT2D eigenvalue weighted by Gasteiger charge is -2.19. The van der Waals surface area contributed by atoms with Gasteiger partial charge in [-0.15, -0.1) is 0 Å². The van der Waals surface area contributed by atoms with Crippen LogP contribution in [-0.4, -0.2) is 59.6 Å². The minimum Gasteiger partial charge on any atom is -0.497 e. The maximum Gasteiger partial charge on any atom is 0.515 e. The van der Waals surface area contributed by atoms with Crippen molar-refractivity contribution in [3.63, 3.8) is 0 Å². The Labute approximate surface area is 243 Å². The fourth-order valence-electron chi connectivity index (χ4n) is 3.48. The maximum atomic E-state index is 13.5. The van der Waals surface area contributed by atoms with Crippen LogP contribution in [0.1, 0.15) is 5.56 Å². The van der Waals surface area contributed by atoms with Crippen LogP contribution in [0.4, 0.5) is 10.7 Å². The zero-order chi connectivity index (χ0) is 30.1. The fraction of sp³-hybridized carbons (Fsp3) is 0.280. The van der Waals surface area contributed by atoms with Gasteiger partial charge in [-0.1, -0.05) is 17.7 Å². The first kappa shape index (κ1) is 30.8. The van der Waals surface area contributed by atoms with Gasteiger partial charge in [0.25, 0.3) is 5.56 Å². The molecule has 1 unspecified atom stereocenters. The molecule has 15 nitrogen and oxygen atoms in total. The second-order valence-electron chi connectivity index (χ2n) is 8.37. The van der Waals surface area contributed by atoms with Crippen LogP contribution in [0.2, 0.25) is 5.02 Å². The summed E-state index contributed by atoms with van der Waals surface area (Å²) in [5.74, 6) is 1.17. The van der Waals surface area contributed by atoms with Gasteiger partial charge in [-0.3, -0.25) is 18.9 Å². The summed E-state index contributed by atoms with van der Waals surface area (Å²) in [5, 5.41) is 0.329. The Hall–Kier alpha value is -4.14. The molecule has 1 atom stereocenters. The van der Waals surface area contributed by atoms with Crippen LogP contribution in [0, 0.1) is 0 Å². The molecule has 2 aromatic carbocycles. The minimum atomic E-state index is -4.00. The molecule has 2 aromatic heterocycles. The number of nitrogens with zero attached hydrogens (tertiary/aromatic N) is 3. The normalized spacial score (nSPS) is 12.5. The molecule has 0 aliphatic rings. The number of ether oxygens (including phenoxy) is 5. The molecule has 0 spiro atoms. The molecule has 0 saturated heterocycles. The molecule has 42 heavy (non-hydrogen) atoms. The van der Waals surface area contributed by atoms with Crippen molar-refractivity contribution in [3.8, 4) is 17.2 Å². The third-order valence-corrected chi connectivity index (χ3v) is 7.37. The van der Waals surface area contributed by atoms with Crippen LogP contribution >= 0.6 is 19.2 Å². The highest BCUT2D eigenvalue weighted by atomic mass is 35.5. The van der Waals surface area contributed by atoms with Gasteiger partial charge in [-0.2, -0.15) is 4.98 Å². The van der Waals surface area contributed by atoms with Crippen molar-refractivity contribution in [2.45, 2.75) is 13.2 Å². The summed E-state index contributed by atoms with van der Waals surface area (Å²) in [6.07, 6.45) is -0.197. The van der Waals surface area contributed by atoms with Gasteiger partial charge >= 0.3 is 13.8 Å². The van der Waals surface area contributed by atoms with Crippen LogP contribution < -0.4 is 25.5 Å². The quantitative estimate of drug-likeness (QED) is 0.0676. The van der Waals surface area contributed by atoms with E-state index < -0.39 is 32.5 Å². The SMILES string of the molecule is COc1ccc(OC(=O)OCOP(=O)(COCCn2cnc3c(=O)[nH]c(N)nc32)OCc2ccc(OC)c(Cl)c2)cc1. The number of nitrogens with one attached hydrogen (secondary N) is 1. The maximum absolute atomic E-state index is 13.5. The van der Waals surface area contributed by atoms with Crippen molar-refractivity contribution in [1.82, 2.24) is 19.5 Å². The Morgan fingerprint density at radius 1 is 1.10 bits per heavy atom. The number of hydrogen-bond donors (Lipinski definition) is 2. The number of benzene rings is 2. The number of nitrogen functional groups attached to an aromatic ring is 1. The molecule has 0 aliphatic heterocycles. The van der Waals surface area contributed by atoms with Crippen LogP contribution in [0.15, 0.2) is 53.6 Å². The van der Waals surface area contributed by atoms with Gasteiger partial charge < -0.3 is 38.5 Å². The number of nitrogens with two attached hydrogens (primary N) is 1. The van der Waals surface area contributed by atoms with E-state index in [-0.39, 0.29) is 42.6 Å². The van der Waals surface area contributed by atoms with Gasteiger partial charge in [-0.05, 0) is 42.0 Å². The number of halogens is 1. The number of rotatable bonds is 14. The minimum absolute atomic E-state index is 0.00524. The summed E-state index contributed by atoms with van der Waals surface area (Å²) in [5.41, 5.74) is 6.08. The third kappa shape index (κ3) is 8.21. The third-order valence-electron chi connectivity index (χ3n) is 5.55. The van der Waals surface area contributed by atoms with E-state index in [9.17, 15) is 14.2 Å². The summed E-state index contributed by atoms with van der Waals surface area (Å²) in [7, 11) is -1.02. The van der Waals surface area contributed by atoms with Gasteiger partial charge in [-0.25, -0.2) is 9.78 Å². The lowest BCUT2D eigenvalue weighted by Crippen LogP contribution is -2.15. The largest absolute Gasteiger partial charge is 0.515 e. The van der Waals surface area contributed by atoms with E-state index in [1.54, 1.807) is 34.9 Å². The number of imidazole rings is 1. The van der Waals surface area contributed by atoms with Gasteiger partial charge in [0.2, 0.25) is 12.7 Å². The fourth-order valence-corrected chi connectivity index (χ4v) is 4.90. The number of H-pyrrole nitrogens is 1. The van der Waals surface area contributed by atoms with Gasteiger partial charge in [0, 0.05) is 6.54 Å². The van der Waals surface area contributed by atoms with Crippen LogP contribution in [0.5, 0.6) is 17.2 Å². The molecule has 3 N–H and O–H groups in total. The van der Waals surface area contributed by atoms with E-state index in [1.807, 2.05) is 0 Å². The number of methoxy groups -OCH3 is 2. The Bertz CT molecular complexity index is 1630. The summed E-state index contributed by atoms with van der Waals surface area (Å²) < 4.78 is 51.7. The predicted octanol–water partition coefficient (Wildman–Crippen LogP) is 3.95. The number of carbonyl (C=O) groups excluding carboxylic acids is 1. The molecule has 2 heterocycles. The molecular formula is C25H27ClN5O10P. The number of aromatic nitrogens is 4. The topological polar surface area (TPSA) is 188 Å². The highest BCUT2D eigenvalue weighted by molar-refractivity contribution is 7.53. The molecule has 0 saturated carbocycles. The lowest BCUT2D eigenvalue weighted by atomic mass is 10.2. The van der Waals surface area contributed by atoms with Gasteiger partial charge in [0.05, 0.1) is 38.8 Å². The molecule has 4 rings (SSSR count). The van der Waals surface area contributed by atoms with Gasteiger partial charge in [0.1, 0.15) is 23.6 Å². The van der Waals surface area contributed by atoms with E-state index in [0.717, 1.165) is 0 Å². The summed E-state index contributed by atoms with van der Waals surface area (Å²) in [6, 6.07) is 11.1. The smallest absolute Gasteiger partial charge is 0.497 e. The number of carbonyl (C=O) groups is 1. The number of anilines is 1. The van der Waals surface area contributed by atoms with Gasteiger partial charge in [0.15, 0.2) is 11.2 Å². The molecule has 0 aliphatic carbocycles. The van der Waals surface area contributed by atoms with E-state index >= 15 is 0 Å². The van der Waals surface area contributed by atoms with Crippen molar-refractivity contribution in [1.29, 1.82) is 0 Å². The summed E-state index contributed by atoms with van der Waals surface area (Å²) in [6.45, 7) is -0.730. The molecular weight excluding hydrogens is 597 g/mol. The molecule has 0 bridgehead atoms. The Kier molecular flexibility index (Phi) is 10.4. The monoisotopic (exact) mass is 623 g/mol. The molecule has 0 fully saturated rings. The molecule has 0 radical (unpaired) electrons. The average Bonchev–Trinajstić information content (AvgIpc) is 3.38. The number of aromatic amines is 1. The summed E-state index contributed by atoms with van der Waals surface area (Å²) in [4.78, 5) is 34.5. The molecule has 0 amide bonds.